The van der Waals surface area contributed by atoms with E-state index < -0.39 is 49.8 Å². The van der Waals surface area contributed by atoms with Gasteiger partial charge in [-0.25, -0.2) is 19.5 Å². The fourth-order valence-corrected chi connectivity index (χ4v) is 7.91. The molecule has 24 heteroatoms. The van der Waals surface area contributed by atoms with E-state index in [1.807, 2.05) is 0 Å². The third-order valence-corrected chi connectivity index (χ3v) is 10.2. The Balaban J connectivity index is 1.16. The number of nitrogens with zero attached hydrogens (tertiary/aromatic N) is 6. The van der Waals surface area contributed by atoms with E-state index in [1.54, 1.807) is 0 Å². The number of rotatable bonds is 10. The molecule has 4 aromatic rings. The number of hydrogen-bond donors (Lipinski definition) is 6. The molecule has 19 nitrogen and oxygen atoms in total. The van der Waals surface area contributed by atoms with Crippen LogP contribution < -0.4 is 21.9 Å². The normalized spacial score (nSPS) is 25.7. The third-order valence-electron chi connectivity index (χ3n) is 6.79. The molecule has 6 heterocycles. The maximum absolute atomic E-state index is 13.4. The summed E-state index contributed by atoms with van der Waals surface area (Å²) in [6.45, 7) is -8.61. The summed E-state index contributed by atoms with van der Waals surface area (Å²) in [6.07, 6.45) is -0.660. The van der Waals surface area contributed by atoms with Gasteiger partial charge >= 0.3 is 18.4 Å². The van der Waals surface area contributed by atoms with E-state index in [0.29, 0.717) is 23.2 Å². The molecular formula is C20H25N9O10P2S3. The molecule has 6 rings (SSSR count). The largest absolute Gasteiger partial charge is 0.386 e. The Kier molecular flexibility index (Phi) is 8.72. The van der Waals surface area contributed by atoms with Crippen molar-refractivity contribution in [3.63, 3.8) is 0 Å². The van der Waals surface area contributed by atoms with Crippen LogP contribution in [0.4, 0.5) is 11.8 Å². The Hall–Kier alpha value is -2.33. The van der Waals surface area contributed by atoms with E-state index in [0.717, 1.165) is 11.3 Å². The molecule has 0 amide bonds. The highest BCUT2D eigenvalue weighted by Crippen LogP contribution is 2.57. The summed E-state index contributed by atoms with van der Waals surface area (Å²) in [5.41, 5.74) is 11.4. The first-order chi connectivity index (χ1) is 20.8. The molecule has 2 saturated heterocycles. The minimum absolute atomic E-state index is 0.0212. The lowest BCUT2D eigenvalue weighted by Gasteiger charge is -2.24. The molecular weight excluding hydrogens is 684 g/mol. The third kappa shape index (κ3) is 6.62. The van der Waals surface area contributed by atoms with Crippen LogP contribution in [-0.2, 0) is 39.4 Å². The number of H-pyrrole nitrogens is 1. The van der Waals surface area contributed by atoms with Crippen molar-refractivity contribution in [3.05, 3.63) is 32.7 Å². The van der Waals surface area contributed by atoms with Crippen molar-refractivity contribution in [1.82, 2.24) is 34.1 Å². The number of hydrogen-bond acceptors (Lipinski definition) is 16. The number of nitrogen functional groups attached to an aromatic ring is 2. The zero-order valence-corrected chi connectivity index (χ0v) is 26.5. The zero-order valence-electron chi connectivity index (χ0n) is 22.2. The van der Waals surface area contributed by atoms with Crippen molar-refractivity contribution >= 4 is 82.2 Å². The molecule has 4 aromatic heterocycles. The highest BCUT2D eigenvalue weighted by Gasteiger charge is 2.43. The quantitative estimate of drug-likeness (QED) is 0.0981. The van der Waals surface area contributed by atoms with Gasteiger partial charge in [-0.05, 0) is 24.6 Å². The summed E-state index contributed by atoms with van der Waals surface area (Å²) < 4.78 is 44.9. The maximum atomic E-state index is 13.4. The zero-order chi connectivity index (χ0) is 31.4. The monoisotopic (exact) mass is 709 g/mol. The molecule has 0 bridgehead atoms. The van der Waals surface area contributed by atoms with Gasteiger partial charge in [-0.2, -0.15) is 4.98 Å². The van der Waals surface area contributed by atoms with Crippen LogP contribution in [0.1, 0.15) is 31.7 Å². The lowest BCUT2D eigenvalue weighted by atomic mass is 10.2. The molecule has 3 unspecified atom stereocenters. The molecule has 0 saturated carbocycles. The minimum atomic E-state index is -4.09. The Bertz CT molecular complexity index is 1930. The van der Waals surface area contributed by atoms with Crippen molar-refractivity contribution in [2.75, 3.05) is 24.7 Å². The molecule has 2 aliphatic heterocycles. The van der Waals surface area contributed by atoms with Crippen LogP contribution in [0.3, 0.4) is 0 Å². The number of imidazole rings is 1. The summed E-state index contributed by atoms with van der Waals surface area (Å²) in [6, 6.07) is 0. The Morgan fingerprint density at radius 2 is 1.91 bits per heavy atom. The fraction of sp³-hybridized carbons (Fsp3) is 0.500. The average Bonchev–Trinajstić information content (AvgIpc) is 3.71. The van der Waals surface area contributed by atoms with Crippen LogP contribution in [0.5, 0.6) is 0 Å². The van der Waals surface area contributed by atoms with E-state index in [2.05, 4.69) is 49.0 Å². The lowest BCUT2D eigenvalue weighted by Crippen LogP contribution is -2.23. The molecule has 2 fully saturated rings. The van der Waals surface area contributed by atoms with E-state index in [-0.39, 0.29) is 47.4 Å². The molecule has 238 valence electrons. The number of thiazole rings is 1. The number of ether oxygens (including phenoxy) is 2. The number of aromatic nitrogens is 7. The van der Waals surface area contributed by atoms with Crippen molar-refractivity contribution in [3.8, 4) is 0 Å². The molecule has 44 heavy (non-hydrogen) atoms. The van der Waals surface area contributed by atoms with E-state index in [1.165, 1.54) is 21.8 Å². The van der Waals surface area contributed by atoms with Crippen LogP contribution in [0.2, 0.25) is 0 Å². The summed E-state index contributed by atoms with van der Waals surface area (Å²) >= 11 is 9.57. The molecule has 0 aromatic carbocycles. The van der Waals surface area contributed by atoms with Gasteiger partial charge in [0, 0.05) is 6.42 Å². The van der Waals surface area contributed by atoms with E-state index in [4.69, 9.17) is 34.5 Å². The van der Waals surface area contributed by atoms with Gasteiger partial charge in [0.2, 0.25) is 5.95 Å². The summed E-state index contributed by atoms with van der Waals surface area (Å²) in [5, 5.41) is 0. The minimum Gasteiger partial charge on any atom is -0.382 e. The highest BCUT2D eigenvalue weighted by atomic mass is 32.7. The lowest BCUT2D eigenvalue weighted by molar-refractivity contribution is -0.0458. The summed E-state index contributed by atoms with van der Waals surface area (Å²) in [5.74, 6) is 0.0185. The van der Waals surface area contributed by atoms with Gasteiger partial charge in [0.05, 0.1) is 31.7 Å². The smallest absolute Gasteiger partial charge is 0.382 e. The van der Waals surface area contributed by atoms with Crippen molar-refractivity contribution < 1.29 is 37.4 Å². The number of nitrogens with two attached hydrogens (primary N) is 2. The molecule has 2 aliphatic rings. The number of anilines is 2. The fourth-order valence-electron chi connectivity index (χ4n) is 4.97. The van der Waals surface area contributed by atoms with Crippen molar-refractivity contribution in [2.24, 2.45) is 0 Å². The first-order valence-corrected chi connectivity index (χ1v) is 18.9. The first-order valence-electron chi connectivity index (χ1n) is 12.8. The average molecular weight is 710 g/mol. The Labute approximate surface area is 260 Å². The van der Waals surface area contributed by atoms with Gasteiger partial charge in [0.25, 0.3) is 5.56 Å². The van der Waals surface area contributed by atoms with Crippen LogP contribution >= 0.6 is 37.1 Å². The second-order valence-electron chi connectivity index (χ2n) is 9.79. The van der Waals surface area contributed by atoms with Gasteiger partial charge in [0.15, 0.2) is 23.0 Å². The summed E-state index contributed by atoms with van der Waals surface area (Å²) in [7, 11) is 0. The summed E-state index contributed by atoms with van der Waals surface area (Å²) in [4.78, 5) is 62.2. The van der Waals surface area contributed by atoms with E-state index >= 15 is 0 Å². The van der Waals surface area contributed by atoms with Crippen LogP contribution in [0.25, 0.3) is 21.5 Å². The number of thiol groups is 1. The van der Waals surface area contributed by atoms with Gasteiger partial charge < -0.3 is 35.3 Å². The van der Waals surface area contributed by atoms with Crippen LogP contribution in [0.15, 0.2) is 22.2 Å². The number of fused-ring (bicyclic) bond motifs is 2. The first kappa shape index (κ1) is 31.6. The molecule has 0 radical (unpaired) electrons. The molecule has 6 atom stereocenters. The standard InChI is InChI=1S/C20H25N9O10P2S3/c21-14-13-16(24-6-23-14)29(20(31)44-13)11-2-1-8(37-11)4-36-41(34,43)39-10-3-9(5-35-40(32,33)42)38-18(10)28-7-25-12-15(28)26-19(22)27-17(12)30/h6-11,18H,1-5H2,(H,34,43)(H2,21,23,24)(H2,32,33,42)(H3,22,26,27,30)/t8-,9?,10?,11+,18+,41?/m0/s1. The van der Waals surface area contributed by atoms with Crippen molar-refractivity contribution in [2.45, 2.75) is 50.0 Å². The van der Waals surface area contributed by atoms with Gasteiger partial charge in [0.1, 0.15) is 29.2 Å². The number of aromatic amines is 1. The van der Waals surface area contributed by atoms with Gasteiger partial charge in [-0.15, -0.1) is 0 Å². The Morgan fingerprint density at radius 3 is 2.68 bits per heavy atom. The number of nitrogens with one attached hydrogen (secondary N) is 1. The molecule has 7 N–H and O–H groups in total. The molecule has 0 spiro atoms. The predicted octanol–water partition coefficient (Wildman–Crippen LogP) is 0.781. The predicted molar refractivity (Wildman–Crippen MR) is 162 cm³/mol. The maximum Gasteiger partial charge on any atom is 0.386 e. The molecule has 0 aliphatic carbocycles. The second-order valence-corrected chi connectivity index (χ2v) is 16.3. The van der Waals surface area contributed by atoms with Gasteiger partial charge in [-0.3, -0.25) is 32.8 Å². The van der Waals surface area contributed by atoms with Crippen LogP contribution in [-0.4, -0.2) is 75.4 Å². The van der Waals surface area contributed by atoms with Crippen molar-refractivity contribution in [1.29, 1.82) is 0 Å². The van der Waals surface area contributed by atoms with Crippen LogP contribution in [0, 0.1) is 0 Å². The highest BCUT2D eigenvalue weighted by molar-refractivity contribution is 8.44. The topological polar surface area (TPSA) is 267 Å². The Morgan fingerprint density at radius 1 is 1.14 bits per heavy atom. The SMILES string of the molecule is Nc1nc2c(ncn2[C@@H]2OC(COP(O)(O)=S)CC2OP(=O)(S)OC[C@@H]2CC[C@H](n3c(=O)sc4c(N)ncnc43)O2)c(=O)[nH]1. The van der Waals surface area contributed by atoms with E-state index in [9.17, 15) is 23.9 Å². The van der Waals surface area contributed by atoms with Gasteiger partial charge in [-0.1, -0.05) is 23.6 Å². The second kappa shape index (κ2) is 12.1.